The van der Waals surface area contributed by atoms with Gasteiger partial charge in [0, 0.05) is 32.7 Å². The van der Waals surface area contributed by atoms with Crippen molar-refractivity contribution in [3.63, 3.8) is 0 Å². The van der Waals surface area contributed by atoms with Crippen molar-refractivity contribution in [2.75, 3.05) is 42.6 Å². The summed E-state index contributed by atoms with van der Waals surface area (Å²) in [5.41, 5.74) is 5.70. The lowest BCUT2D eigenvalue weighted by Gasteiger charge is -2.36. The van der Waals surface area contributed by atoms with Crippen molar-refractivity contribution >= 4 is 15.5 Å². The van der Waals surface area contributed by atoms with Crippen LogP contribution >= 0.6 is 0 Å². The van der Waals surface area contributed by atoms with Crippen LogP contribution in [-0.2, 0) is 23.0 Å². The van der Waals surface area contributed by atoms with Gasteiger partial charge < -0.3 is 9.64 Å². The Morgan fingerprint density at radius 3 is 2.31 bits per heavy atom. The summed E-state index contributed by atoms with van der Waals surface area (Å²) >= 11 is 0. The molecule has 0 bridgehead atoms. The molecule has 0 saturated carbocycles. The van der Waals surface area contributed by atoms with Crippen LogP contribution in [0.25, 0.3) is 0 Å². The summed E-state index contributed by atoms with van der Waals surface area (Å²) in [7, 11) is -2.93. The highest BCUT2D eigenvalue weighted by atomic mass is 32.2. The van der Waals surface area contributed by atoms with E-state index < -0.39 is 9.84 Å². The topological polar surface area (TPSA) is 67.7 Å². The third-order valence-corrected chi connectivity index (χ3v) is 8.86. The summed E-state index contributed by atoms with van der Waals surface area (Å²) in [5.74, 6) is 1.36. The number of aryl methyl sites for hydroxylation is 1. The second-order valence-electron chi connectivity index (χ2n) is 9.70. The Labute approximate surface area is 208 Å². The van der Waals surface area contributed by atoms with E-state index >= 15 is 0 Å². The van der Waals surface area contributed by atoms with Crippen molar-refractivity contribution in [1.29, 1.82) is 0 Å². The van der Waals surface area contributed by atoms with E-state index in [1.807, 2.05) is 29.8 Å². The molecule has 5 rings (SSSR count). The van der Waals surface area contributed by atoms with Crippen LogP contribution in [0.4, 0.5) is 5.69 Å². The van der Waals surface area contributed by atoms with E-state index in [1.54, 1.807) is 0 Å². The van der Waals surface area contributed by atoms with Gasteiger partial charge in [-0.05, 0) is 43.5 Å². The third-order valence-electron chi connectivity index (χ3n) is 7.11. The summed E-state index contributed by atoms with van der Waals surface area (Å²) in [6, 6.07) is 18.6. The van der Waals surface area contributed by atoms with Crippen molar-refractivity contribution in [3.05, 3.63) is 77.1 Å². The van der Waals surface area contributed by atoms with E-state index in [4.69, 9.17) is 9.84 Å². The molecule has 0 aliphatic carbocycles. The molecule has 3 aromatic rings. The van der Waals surface area contributed by atoms with Gasteiger partial charge in [0.1, 0.15) is 12.4 Å². The highest BCUT2D eigenvalue weighted by Gasteiger charge is 2.32. The zero-order valence-electron chi connectivity index (χ0n) is 20.6. The largest absolute Gasteiger partial charge is 0.489 e. The van der Waals surface area contributed by atoms with Gasteiger partial charge in [-0.2, -0.15) is 5.10 Å². The lowest BCUT2D eigenvalue weighted by atomic mass is 10.1. The van der Waals surface area contributed by atoms with Crippen LogP contribution in [0, 0.1) is 13.8 Å². The number of ether oxygens (including phenoxy) is 1. The van der Waals surface area contributed by atoms with Crippen LogP contribution in [0.2, 0.25) is 0 Å². The first kappa shape index (κ1) is 23.9. The minimum atomic E-state index is -2.93. The summed E-state index contributed by atoms with van der Waals surface area (Å²) in [5, 5.41) is 4.75. The molecular weight excluding hydrogens is 460 g/mol. The van der Waals surface area contributed by atoms with Gasteiger partial charge >= 0.3 is 0 Å². The van der Waals surface area contributed by atoms with Gasteiger partial charge in [0.25, 0.3) is 0 Å². The highest BCUT2D eigenvalue weighted by molar-refractivity contribution is 7.91. The predicted molar refractivity (Wildman–Crippen MR) is 139 cm³/mol. The van der Waals surface area contributed by atoms with Gasteiger partial charge in [0.05, 0.1) is 34.6 Å². The van der Waals surface area contributed by atoms with E-state index in [9.17, 15) is 8.42 Å². The molecule has 2 aromatic carbocycles. The van der Waals surface area contributed by atoms with E-state index in [-0.39, 0.29) is 17.5 Å². The average Bonchev–Trinajstić information content (AvgIpc) is 3.37. The van der Waals surface area contributed by atoms with E-state index in [0.29, 0.717) is 13.0 Å². The molecule has 8 heteroatoms. The molecule has 2 fully saturated rings. The first-order valence-corrected chi connectivity index (χ1v) is 14.2. The molecule has 1 unspecified atom stereocenters. The number of sulfone groups is 1. The van der Waals surface area contributed by atoms with Crippen molar-refractivity contribution in [3.8, 4) is 5.75 Å². The smallest absolute Gasteiger partial charge is 0.152 e. The Morgan fingerprint density at radius 1 is 0.943 bits per heavy atom. The number of hydrogen-bond acceptors (Lipinski definition) is 6. The number of aromatic nitrogens is 2. The zero-order valence-corrected chi connectivity index (χ0v) is 21.4. The van der Waals surface area contributed by atoms with Gasteiger partial charge in [-0.3, -0.25) is 9.58 Å². The van der Waals surface area contributed by atoms with Crippen LogP contribution < -0.4 is 9.64 Å². The normalized spacial score (nSPS) is 20.3. The van der Waals surface area contributed by atoms with Crippen molar-refractivity contribution in [2.45, 2.75) is 39.5 Å². The molecule has 2 aliphatic heterocycles. The Balaban J connectivity index is 1.15. The molecular formula is C27H34N4O3S. The zero-order chi connectivity index (χ0) is 24.4. The highest BCUT2D eigenvalue weighted by Crippen LogP contribution is 2.32. The van der Waals surface area contributed by atoms with E-state index in [2.05, 4.69) is 53.1 Å². The second-order valence-corrected chi connectivity index (χ2v) is 11.9. The summed E-state index contributed by atoms with van der Waals surface area (Å²) in [6.45, 7) is 9.45. The fraction of sp³-hybridized carbons (Fsp3) is 0.444. The minimum Gasteiger partial charge on any atom is -0.489 e. The number of hydrogen-bond donors (Lipinski definition) is 0. The lowest BCUT2D eigenvalue weighted by Crippen LogP contribution is -2.46. The summed E-state index contributed by atoms with van der Waals surface area (Å²) < 4.78 is 31.8. The van der Waals surface area contributed by atoms with Gasteiger partial charge in [-0.25, -0.2) is 8.42 Å². The van der Waals surface area contributed by atoms with Gasteiger partial charge in [0.2, 0.25) is 0 Å². The fourth-order valence-electron chi connectivity index (χ4n) is 5.26. The molecule has 0 spiro atoms. The average molecular weight is 495 g/mol. The molecule has 1 aromatic heterocycles. The predicted octanol–water partition coefficient (Wildman–Crippen LogP) is 3.76. The van der Waals surface area contributed by atoms with Crippen LogP contribution in [0.1, 0.15) is 35.0 Å². The van der Waals surface area contributed by atoms with Crippen LogP contribution in [0.5, 0.6) is 5.75 Å². The molecule has 0 radical (unpaired) electrons. The number of anilines is 1. The SMILES string of the molecule is Cc1nn(C2CCS(=O)(=O)C2)c(C)c1N1CCN(Cc2ccc(OCc3ccccc3)cc2)CC1. The van der Waals surface area contributed by atoms with E-state index in [1.165, 1.54) is 16.8 Å². The Kier molecular flexibility index (Phi) is 6.84. The summed E-state index contributed by atoms with van der Waals surface area (Å²) in [4.78, 5) is 4.89. The molecule has 0 amide bonds. The minimum absolute atomic E-state index is 0.0339. The second kappa shape index (κ2) is 10.0. The van der Waals surface area contributed by atoms with Crippen LogP contribution in [0.15, 0.2) is 54.6 Å². The molecule has 2 saturated heterocycles. The maximum atomic E-state index is 12.0. The molecule has 186 valence electrons. The molecule has 1 atom stereocenters. The van der Waals surface area contributed by atoms with Crippen molar-refractivity contribution in [1.82, 2.24) is 14.7 Å². The quantitative estimate of drug-likeness (QED) is 0.498. The third kappa shape index (κ3) is 5.54. The number of piperazine rings is 1. The molecule has 2 aliphatic rings. The molecule has 7 nitrogen and oxygen atoms in total. The van der Waals surface area contributed by atoms with Crippen molar-refractivity contribution < 1.29 is 13.2 Å². The number of nitrogens with zero attached hydrogens (tertiary/aromatic N) is 4. The monoisotopic (exact) mass is 494 g/mol. The van der Waals surface area contributed by atoms with Gasteiger partial charge in [-0.1, -0.05) is 42.5 Å². The molecule has 3 heterocycles. The van der Waals surface area contributed by atoms with Gasteiger partial charge in [-0.15, -0.1) is 0 Å². The fourth-order valence-corrected chi connectivity index (χ4v) is 6.95. The van der Waals surface area contributed by atoms with Crippen LogP contribution in [-0.4, -0.2) is 60.8 Å². The standard InChI is InChI=1S/C27H34N4O3S/c1-21-27(22(2)31(28-21)25-12-17-35(32,33)20-25)30-15-13-29(14-16-30)18-23-8-10-26(11-9-23)34-19-24-6-4-3-5-7-24/h3-11,25H,12-20H2,1-2H3. The van der Waals surface area contributed by atoms with Crippen LogP contribution in [0.3, 0.4) is 0 Å². The number of benzene rings is 2. The lowest BCUT2D eigenvalue weighted by molar-refractivity contribution is 0.249. The molecule has 0 N–H and O–H groups in total. The maximum absolute atomic E-state index is 12.0. The Hall–Kier alpha value is -2.84. The molecule has 35 heavy (non-hydrogen) atoms. The Morgan fingerprint density at radius 2 is 1.66 bits per heavy atom. The Bertz CT molecular complexity index is 1250. The van der Waals surface area contributed by atoms with E-state index in [0.717, 1.165) is 49.9 Å². The maximum Gasteiger partial charge on any atom is 0.152 e. The summed E-state index contributed by atoms with van der Waals surface area (Å²) in [6.07, 6.45) is 0.660. The first-order chi connectivity index (χ1) is 16.9. The number of rotatable bonds is 7. The van der Waals surface area contributed by atoms with Gasteiger partial charge in [0.15, 0.2) is 9.84 Å². The first-order valence-electron chi connectivity index (χ1n) is 12.4. The van der Waals surface area contributed by atoms with Crippen molar-refractivity contribution in [2.24, 2.45) is 0 Å².